The van der Waals surface area contributed by atoms with Crippen molar-refractivity contribution >= 4 is 23.4 Å². The highest BCUT2D eigenvalue weighted by Crippen LogP contribution is 2.35. The fourth-order valence-electron chi connectivity index (χ4n) is 3.58. The molecule has 6 heteroatoms. The third-order valence-corrected chi connectivity index (χ3v) is 4.99. The molecule has 1 amide bonds. The van der Waals surface area contributed by atoms with Crippen LogP contribution in [0.5, 0.6) is 5.75 Å². The van der Waals surface area contributed by atoms with E-state index in [0.717, 1.165) is 36.8 Å². The van der Waals surface area contributed by atoms with Gasteiger partial charge in [-0.25, -0.2) is 4.98 Å². The van der Waals surface area contributed by atoms with Gasteiger partial charge in [-0.3, -0.25) is 4.79 Å². The van der Waals surface area contributed by atoms with Crippen molar-refractivity contribution in [3.05, 3.63) is 52.7 Å². The minimum atomic E-state index is -0.943. The van der Waals surface area contributed by atoms with Crippen molar-refractivity contribution < 1.29 is 19.7 Å². The number of hydrogen-bond donors (Lipinski definition) is 3. The van der Waals surface area contributed by atoms with E-state index in [1.54, 1.807) is 12.3 Å². The first-order chi connectivity index (χ1) is 13.2. The van der Waals surface area contributed by atoms with Gasteiger partial charge in [0.1, 0.15) is 24.3 Å². The highest BCUT2D eigenvalue weighted by atomic mass is 16.5. The van der Waals surface area contributed by atoms with Crippen LogP contribution < -0.4 is 10.1 Å². The number of aryl methyl sites for hydroxylation is 2. The van der Waals surface area contributed by atoms with Crippen molar-refractivity contribution in [3.63, 3.8) is 0 Å². The maximum absolute atomic E-state index is 12.4. The van der Waals surface area contributed by atoms with Crippen LogP contribution in [-0.4, -0.2) is 40.4 Å². The van der Waals surface area contributed by atoms with Crippen molar-refractivity contribution in [1.82, 2.24) is 4.98 Å². The fourth-order valence-corrected chi connectivity index (χ4v) is 3.58. The van der Waals surface area contributed by atoms with Crippen LogP contribution in [0.1, 0.15) is 35.1 Å². The van der Waals surface area contributed by atoms with Gasteiger partial charge in [0.2, 0.25) is 0 Å². The van der Waals surface area contributed by atoms with Gasteiger partial charge >= 0.3 is 0 Å². The van der Waals surface area contributed by atoms with E-state index < -0.39 is 6.10 Å². The van der Waals surface area contributed by atoms with E-state index in [4.69, 9.17) is 9.84 Å². The molecule has 0 saturated heterocycles. The predicted molar refractivity (Wildman–Crippen MR) is 102 cm³/mol. The molecule has 2 heterocycles. The number of carbonyl (C=O) groups is 1. The number of nitrogens with zero attached hydrogens (tertiary/aromatic N) is 1. The molecule has 140 valence electrons. The summed E-state index contributed by atoms with van der Waals surface area (Å²) < 4.78 is 5.79. The molecule has 1 aliphatic carbocycles. The van der Waals surface area contributed by atoms with E-state index in [1.165, 1.54) is 11.1 Å². The van der Waals surface area contributed by atoms with Crippen molar-refractivity contribution in [1.29, 1.82) is 0 Å². The molecule has 0 bridgehead atoms. The summed E-state index contributed by atoms with van der Waals surface area (Å²) >= 11 is 0. The lowest BCUT2D eigenvalue weighted by atomic mass is 9.89. The van der Waals surface area contributed by atoms with Crippen molar-refractivity contribution in [2.24, 2.45) is 0 Å². The molecule has 0 fully saturated rings. The highest BCUT2D eigenvalue weighted by Gasteiger charge is 2.25. The molecule has 1 aromatic heterocycles. The van der Waals surface area contributed by atoms with Gasteiger partial charge in [-0.05, 0) is 67.2 Å². The Kier molecular flexibility index (Phi) is 4.92. The minimum Gasteiger partial charge on any atom is -0.490 e. The van der Waals surface area contributed by atoms with Crippen molar-refractivity contribution in [2.75, 3.05) is 18.5 Å². The summed E-state index contributed by atoms with van der Waals surface area (Å²) in [5.41, 5.74) is 4.62. The Hall–Kier alpha value is -2.70. The maximum Gasteiger partial charge on any atom is 0.257 e. The number of benzene rings is 1. The maximum atomic E-state index is 12.4. The standard InChI is InChI=1S/C21H22N2O4/c24-11-16(25)12-27-19-10-14-5-2-1-4-13(14)8-15(19)9-18-17-6-3-7-22-20(17)23-21(18)26/h3,6-10,16,24-25H,1-2,4-5,11-12H2,(H,22,23,26). The second kappa shape index (κ2) is 7.50. The number of nitrogens with one attached hydrogen (secondary N) is 1. The van der Waals surface area contributed by atoms with E-state index in [0.29, 0.717) is 17.1 Å². The number of aliphatic hydroxyl groups is 2. The Morgan fingerprint density at radius 3 is 2.81 bits per heavy atom. The van der Waals surface area contributed by atoms with Crippen LogP contribution in [-0.2, 0) is 17.6 Å². The van der Waals surface area contributed by atoms with Crippen LogP contribution >= 0.6 is 0 Å². The van der Waals surface area contributed by atoms with Gasteiger partial charge in [0.05, 0.1) is 12.2 Å². The van der Waals surface area contributed by atoms with E-state index in [-0.39, 0.29) is 19.1 Å². The van der Waals surface area contributed by atoms with Gasteiger partial charge in [-0.2, -0.15) is 0 Å². The SMILES string of the molecule is O=C1Nc2ncccc2C1=Cc1cc2c(cc1OCC(O)CO)CCCC2. The average Bonchev–Trinajstić information content (AvgIpc) is 3.01. The largest absolute Gasteiger partial charge is 0.490 e. The molecule has 4 rings (SSSR count). The molecule has 2 aromatic rings. The van der Waals surface area contributed by atoms with E-state index >= 15 is 0 Å². The molecule has 27 heavy (non-hydrogen) atoms. The summed E-state index contributed by atoms with van der Waals surface area (Å²) in [4.78, 5) is 16.6. The summed E-state index contributed by atoms with van der Waals surface area (Å²) in [6.45, 7) is -0.362. The monoisotopic (exact) mass is 366 g/mol. The highest BCUT2D eigenvalue weighted by molar-refractivity contribution is 6.34. The number of fused-ring (bicyclic) bond motifs is 2. The van der Waals surface area contributed by atoms with Crippen LogP contribution in [0.4, 0.5) is 5.82 Å². The van der Waals surface area contributed by atoms with Gasteiger partial charge in [-0.1, -0.05) is 0 Å². The Morgan fingerprint density at radius 2 is 2.04 bits per heavy atom. The van der Waals surface area contributed by atoms with Crippen LogP contribution in [0.15, 0.2) is 30.5 Å². The minimum absolute atomic E-state index is 0.00417. The Bertz CT molecular complexity index is 907. The van der Waals surface area contributed by atoms with Gasteiger partial charge in [0, 0.05) is 17.3 Å². The Balaban J connectivity index is 1.75. The quantitative estimate of drug-likeness (QED) is 0.706. The Morgan fingerprint density at radius 1 is 1.26 bits per heavy atom. The lowest BCUT2D eigenvalue weighted by Crippen LogP contribution is -2.21. The summed E-state index contributed by atoms with van der Waals surface area (Å²) in [6.07, 6.45) is 6.83. The molecule has 1 aliphatic heterocycles. The van der Waals surface area contributed by atoms with Gasteiger partial charge in [0.25, 0.3) is 5.91 Å². The fraction of sp³-hybridized carbons (Fsp3) is 0.333. The summed E-state index contributed by atoms with van der Waals surface area (Å²) in [5.74, 6) is 0.980. The third kappa shape index (κ3) is 3.59. The molecular formula is C21H22N2O4. The van der Waals surface area contributed by atoms with E-state index in [2.05, 4.69) is 16.4 Å². The lowest BCUT2D eigenvalue weighted by molar-refractivity contribution is -0.110. The second-order valence-corrected chi connectivity index (χ2v) is 6.92. The third-order valence-electron chi connectivity index (χ3n) is 4.99. The molecule has 0 radical (unpaired) electrons. The molecule has 0 saturated carbocycles. The number of carbonyl (C=O) groups excluding carboxylic acids is 1. The van der Waals surface area contributed by atoms with Gasteiger partial charge in [0.15, 0.2) is 0 Å². The summed E-state index contributed by atoms with van der Waals surface area (Å²) in [5, 5.41) is 21.5. The number of aromatic nitrogens is 1. The zero-order chi connectivity index (χ0) is 18.8. The number of pyridine rings is 1. The molecule has 3 N–H and O–H groups in total. The normalized spacial score (nSPS) is 18.0. The zero-order valence-electron chi connectivity index (χ0n) is 14.9. The topological polar surface area (TPSA) is 91.7 Å². The predicted octanol–water partition coefficient (Wildman–Crippen LogP) is 2.19. The van der Waals surface area contributed by atoms with Crippen molar-refractivity contribution in [3.8, 4) is 5.75 Å². The number of aliphatic hydroxyl groups excluding tert-OH is 2. The average molecular weight is 366 g/mol. The molecular weight excluding hydrogens is 344 g/mol. The first-order valence-electron chi connectivity index (χ1n) is 9.21. The van der Waals surface area contributed by atoms with Gasteiger partial charge in [-0.15, -0.1) is 0 Å². The number of hydrogen-bond acceptors (Lipinski definition) is 5. The summed E-state index contributed by atoms with van der Waals surface area (Å²) in [6, 6.07) is 7.74. The molecule has 2 aliphatic rings. The van der Waals surface area contributed by atoms with E-state index in [1.807, 2.05) is 18.2 Å². The summed E-state index contributed by atoms with van der Waals surface area (Å²) in [7, 11) is 0. The molecule has 1 aromatic carbocycles. The molecule has 1 unspecified atom stereocenters. The van der Waals surface area contributed by atoms with Crippen LogP contribution in [0.25, 0.3) is 11.6 Å². The van der Waals surface area contributed by atoms with Crippen molar-refractivity contribution in [2.45, 2.75) is 31.8 Å². The number of anilines is 1. The second-order valence-electron chi connectivity index (χ2n) is 6.92. The van der Waals surface area contributed by atoms with Gasteiger partial charge < -0.3 is 20.3 Å². The lowest BCUT2D eigenvalue weighted by Gasteiger charge is -2.20. The first kappa shape index (κ1) is 17.7. The van der Waals surface area contributed by atoms with Crippen LogP contribution in [0.2, 0.25) is 0 Å². The number of rotatable bonds is 5. The number of ether oxygens (including phenoxy) is 1. The Labute approximate surface area is 157 Å². The molecule has 6 nitrogen and oxygen atoms in total. The van der Waals surface area contributed by atoms with Crippen LogP contribution in [0, 0.1) is 0 Å². The molecule has 1 atom stereocenters. The molecule has 0 spiro atoms. The zero-order valence-corrected chi connectivity index (χ0v) is 14.9. The smallest absolute Gasteiger partial charge is 0.257 e. The number of amides is 1. The van der Waals surface area contributed by atoms with E-state index in [9.17, 15) is 9.90 Å². The van der Waals surface area contributed by atoms with Crippen LogP contribution in [0.3, 0.4) is 0 Å². The first-order valence-corrected chi connectivity index (χ1v) is 9.21.